The summed E-state index contributed by atoms with van der Waals surface area (Å²) >= 11 is 0. The number of rotatable bonds is 6. The van der Waals surface area contributed by atoms with Crippen molar-refractivity contribution < 1.29 is 9.53 Å². The first kappa shape index (κ1) is 16.1. The predicted octanol–water partition coefficient (Wildman–Crippen LogP) is 3.03. The van der Waals surface area contributed by atoms with Gasteiger partial charge in [0, 0.05) is 31.9 Å². The molecule has 1 aliphatic heterocycles. The van der Waals surface area contributed by atoms with Crippen LogP contribution in [0, 0.1) is 5.92 Å². The van der Waals surface area contributed by atoms with Crippen molar-refractivity contribution in [3.8, 4) is 5.75 Å². The van der Waals surface area contributed by atoms with Gasteiger partial charge < -0.3 is 15.0 Å². The smallest absolute Gasteiger partial charge is 0.321 e. The van der Waals surface area contributed by atoms with E-state index in [4.69, 9.17) is 4.74 Å². The Kier molecular flexibility index (Phi) is 5.06. The van der Waals surface area contributed by atoms with Crippen LogP contribution in [0.2, 0.25) is 0 Å². The van der Waals surface area contributed by atoms with Crippen LogP contribution >= 0.6 is 0 Å². The van der Waals surface area contributed by atoms with Gasteiger partial charge in [0.25, 0.3) is 0 Å². The summed E-state index contributed by atoms with van der Waals surface area (Å²) < 4.78 is 5.79. The van der Waals surface area contributed by atoms with E-state index in [0.717, 1.165) is 36.7 Å². The third kappa shape index (κ3) is 4.61. The zero-order chi connectivity index (χ0) is 16.2. The van der Waals surface area contributed by atoms with Crippen molar-refractivity contribution in [3.63, 3.8) is 0 Å². The number of ether oxygens (including phenoxy) is 1. The number of urea groups is 1. The molecular weight excluding hydrogens is 290 g/mol. The molecule has 0 bridgehead atoms. The van der Waals surface area contributed by atoms with E-state index in [1.54, 1.807) is 4.90 Å². The summed E-state index contributed by atoms with van der Waals surface area (Å²) in [6, 6.07) is 8.01. The number of anilines is 1. The van der Waals surface area contributed by atoms with Gasteiger partial charge in [-0.15, -0.1) is 0 Å². The molecule has 3 rings (SSSR count). The number of carbonyl (C=O) groups is 1. The van der Waals surface area contributed by atoms with Crippen molar-refractivity contribution in [3.05, 3.63) is 24.3 Å². The van der Waals surface area contributed by atoms with Crippen LogP contribution in [0.5, 0.6) is 5.75 Å². The van der Waals surface area contributed by atoms with Gasteiger partial charge in [0.1, 0.15) is 12.4 Å². The van der Waals surface area contributed by atoms with Crippen molar-refractivity contribution in [2.45, 2.75) is 32.2 Å². The molecule has 1 N–H and O–H groups in total. The standard InChI is InChI=1S/C18H27N3O2/c1-14-9-10-21(13-14)11-12-23-17-7-3-15(4-8-17)19-18(22)20(2)16-5-6-16/h3-4,7-8,14,16H,5-6,9-13H2,1-2H3,(H,19,22)/t14-/m0/s1. The minimum atomic E-state index is -0.0377. The topological polar surface area (TPSA) is 44.8 Å². The number of hydrogen-bond acceptors (Lipinski definition) is 3. The summed E-state index contributed by atoms with van der Waals surface area (Å²) in [5.74, 6) is 1.66. The summed E-state index contributed by atoms with van der Waals surface area (Å²) in [4.78, 5) is 16.2. The quantitative estimate of drug-likeness (QED) is 0.877. The Labute approximate surface area is 138 Å². The van der Waals surface area contributed by atoms with Crippen molar-refractivity contribution in [2.24, 2.45) is 5.92 Å². The van der Waals surface area contributed by atoms with Gasteiger partial charge in [0.15, 0.2) is 0 Å². The Hall–Kier alpha value is -1.75. The highest BCUT2D eigenvalue weighted by Crippen LogP contribution is 2.26. The molecular formula is C18H27N3O2. The minimum Gasteiger partial charge on any atom is -0.492 e. The number of carbonyl (C=O) groups excluding carboxylic acids is 1. The molecule has 2 amide bonds. The second-order valence-corrected chi connectivity index (χ2v) is 6.84. The molecule has 5 nitrogen and oxygen atoms in total. The van der Waals surface area contributed by atoms with Crippen LogP contribution in [-0.4, -0.2) is 55.2 Å². The maximum atomic E-state index is 12.0. The van der Waals surface area contributed by atoms with Crippen LogP contribution < -0.4 is 10.1 Å². The van der Waals surface area contributed by atoms with Gasteiger partial charge >= 0.3 is 6.03 Å². The molecule has 23 heavy (non-hydrogen) atoms. The van der Waals surface area contributed by atoms with Crippen LogP contribution in [0.4, 0.5) is 10.5 Å². The monoisotopic (exact) mass is 317 g/mol. The third-order valence-electron chi connectivity index (χ3n) is 4.70. The molecule has 126 valence electrons. The fourth-order valence-electron chi connectivity index (χ4n) is 3.00. The molecule has 2 fully saturated rings. The van der Waals surface area contributed by atoms with Gasteiger partial charge in [-0.25, -0.2) is 4.79 Å². The summed E-state index contributed by atoms with van der Waals surface area (Å²) in [5.41, 5.74) is 0.809. The van der Waals surface area contributed by atoms with Crippen molar-refractivity contribution in [2.75, 3.05) is 38.6 Å². The second kappa shape index (κ2) is 7.21. The predicted molar refractivity (Wildman–Crippen MR) is 92.0 cm³/mol. The maximum Gasteiger partial charge on any atom is 0.321 e. The van der Waals surface area contributed by atoms with Gasteiger partial charge in [-0.2, -0.15) is 0 Å². The van der Waals surface area contributed by atoms with Gasteiger partial charge in [0.05, 0.1) is 0 Å². The van der Waals surface area contributed by atoms with Crippen LogP contribution in [0.15, 0.2) is 24.3 Å². The molecule has 1 heterocycles. The average molecular weight is 317 g/mol. The Morgan fingerprint density at radius 1 is 1.30 bits per heavy atom. The fourth-order valence-corrected chi connectivity index (χ4v) is 3.00. The molecule has 5 heteroatoms. The normalized spacial score (nSPS) is 21.2. The molecule has 1 saturated carbocycles. The van der Waals surface area contributed by atoms with Gasteiger partial charge in [-0.3, -0.25) is 4.90 Å². The first-order valence-corrected chi connectivity index (χ1v) is 8.61. The molecule has 2 aliphatic rings. The summed E-state index contributed by atoms with van der Waals surface area (Å²) in [6.45, 7) is 6.36. The lowest BCUT2D eigenvalue weighted by atomic mass is 10.2. The van der Waals surface area contributed by atoms with Crippen LogP contribution in [0.25, 0.3) is 0 Å². The maximum absolute atomic E-state index is 12.0. The number of nitrogens with zero attached hydrogens (tertiary/aromatic N) is 2. The Bertz CT molecular complexity index is 528. The van der Waals surface area contributed by atoms with Gasteiger partial charge in [-0.05, 0) is 56.0 Å². The fraction of sp³-hybridized carbons (Fsp3) is 0.611. The van der Waals surface area contributed by atoms with Gasteiger partial charge in [0.2, 0.25) is 0 Å². The van der Waals surface area contributed by atoms with E-state index in [1.165, 1.54) is 19.5 Å². The summed E-state index contributed by atoms with van der Waals surface area (Å²) in [6.07, 6.45) is 3.53. The lowest BCUT2D eigenvalue weighted by Crippen LogP contribution is -2.32. The minimum absolute atomic E-state index is 0.0377. The SMILES string of the molecule is C[C@H]1CCN(CCOc2ccc(NC(=O)N(C)C3CC3)cc2)C1. The van der Waals surface area contributed by atoms with E-state index in [-0.39, 0.29) is 6.03 Å². The second-order valence-electron chi connectivity index (χ2n) is 6.84. The highest BCUT2D eigenvalue weighted by atomic mass is 16.5. The van der Waals surface area contributed by atoms with E-state index in [0.29, 0.717) is 12.6 Å². The Morgan fingerprint density at radius 3 is 2.65 bits per heavy atom. The zero-order valence-corrected chi connectivity index (χ0v) is 14.1. The van der Waals surface area contributed by atoms with E-state index < -0.39 is 0 Å². The molecule has 0 spiro atoms. The highest BCUT2D eigenvalue weighted by Gasteiger charge is 2.29. The van der Waals surface area contributed by atoms with Crippen LogP contribution in [0.1, 0.15) is 26.2 Å². The number of likely N-dealkylation sites (tertiary alicyclic amines) is 1. The summed E-state index contributed by atoms with van der Waals surface area (Å²) in [5, 5.41) is 2.92. The van der Waals surface area contributed by atoms with Crippen molar-refractivity contribution >= 4 is 11.7 Å². The highest BCUT2D eigenvalue weighted by molar-refractivity contribution is 5.89. The molecule has 1 aromatic rings. The average Bonchev–Trinajstić information content (AvgIpc) is 3.31. The zero-order valence-electron chi connectivity index (χ0n) is 14.1. The lowest BCUT2D eigenvalue weighted by Gasteiger charge is -2.17. The molecule has 1 aromatic carbocycles. The van der Waals surface area contributed by atoms with Crippen LogP contribution in [-0.2, 0) is 0 Å². The van der Waals surface area contributed by atoms with Crippen LogP contribution in [0.3, 0.4) is 0 Å². The number of amides is 2. The first-order chi connectivity index (χ1) is 11.1. The molecule has 1 aliphatic carbocycles. The number of hydrogen-bond donors (Lipinski definition) is 1. The molecule has 0 radical (unpaired) electrons. The first-order valence-electron chi connectivity index (χ1n) is 8.61. The van der Waals surface area contributed by atoms with E-state index >= 15 is 0 Å². The molecule has 1 saturated heterocycles. The Balaban J connectivity index is 1.40. The van der Waals surface area contributed by atoms with Crippen molar-refractivity contribution in [1.82, 2.24) is 9.80 Å². The largest absolute Gasteiger partial charge is 0.492 e. The molecule has 0 unspecified atom stereocenters. The van der Waals surface area contributed by atoms with E-state index in [1.807, 2.05) is 31.3 Å². The number of benzene rings is 1. The Morgan fingerprint density at radius 2 is 2.04 bits per heavy atom. The van der Waals surface area contributed by atoms with Crippen molar-refractivity contribution in [1.29, 1.82) is 0 Å². The van der Waals surface area contributed by atoms with E-state index in [9.17, 15) is 4.79 Å². The summed E-state index contributed by atoms with van der Waals surface area (Å²) in [7, 11) is 1.85. The third-order valence-corrected chi connectivity index (χ3v) is 4.70. The molecule has 1 atom stereocenters. The van der Waals surface area contributed by atoms with E-state index in [2.05, 4.69) is 17.1 Å². The molecule has 0 aromatic heterocycles. The van der Waals surface area contributed by atoms with Gasteiger partial charge in [-0.1, -0.05) is 6.92 Å². The lowest BCUT2D eigenvalue weighted by molar-refractivity contribution is 0.220. The number of nitrogens with one attached hydrogen (secondary N) is 1.